The van der Waals surface area contributed by atoms with E-state index in [1.807, 2.05) is 24.3 Å². The summed E-state index contributed by atoms with van der Waals surface area (Å²) in [5.74, 6) is 0.513. The summed E-state index contributed by atoms with van der Waals surface area (Å²) >= 11 is 0. The van der Waals surface area contributed by atoms with Gasteiger partial charge in [-0.2, -0.15) is 0 Å². The average molecular weight is 299 g/mol. The number of halogens is 2. The molecule has 0 spiro atoms. The zero-order valence-electron chi connectivity index (χ0n) is 12.4. The van der Waals surface area contributed by atoms with E-state index >= 15 is 0 Å². The van der Waals surface area contributed by atoms with Crippen molar-refractivity contribution in [1.29, 1.82) is 0 Å². The van der Waals surface area contributed by atoms with Crippen LogP contribution in [-0.4, -0.2) is 19.2 Å². The molecule has 0 bridgehead atoms. The van der Waals surface area contributed by atoms with Crippen molar-refractivity contribution in [2.45, 2.75) is 39.0 Å². The summed E-state index contributed by atoms with van der Waals surface area (Å²) in [6.07, 6.45) is -0.810. The van der Waals surface area contributed by atoms with E-state index in [1.165, 1.54) is 5.56 Å². The molecule has 5 heteroatoms. The largest absolute Gasteiger partial charge is 0.482 e. The monoisotopic (exact) mass is 299 g/mol. The van der Waals surface area contributed by atoms with Crippen molar-refractivity contribution in [3.63, 3.8) is 0 Å². The molecule has 1 rings (SSSR count). The van der Waals surface area contributed by atoms with Gasteiger partial charge in [-0.1, -0.05) is 26.0 Å². The molecule has 1 aromatic carbocycles. The van der Waals surface area contributed by atoms with Crippen molar-refractivity contribution in [3.05, 3.63) is 36.3 Å². The Labute approximate surface area is 124 Å². The van der Waals surface area contributed by atoms with E-state index in [0.29, 0.717) is 11.7 Å². The number of rotatable bonds is 9. The predicted octanol–water partition coefficient (Wildman–Crippen LogP) is 4.33. The number of ether oxygens (including phenoxy) is 2. The van der Waals surface area contributed by atoms with Crippen LogP contribution >= 0.6 is 0 Å². The fraction of sp³-hybridized carbons (Fsp3) is 0.500. The van der Waals surface area contributed by atoms with Crippen LogP contribution in [0.4, 0.5) is 8.78 Å². The summed E-state index contributed by atoms with van der Waals surface area (Å²) in [5, 5.41) is 0. The fourth-order valence-corrected chi connectivity index (χ4v) is 1.70. The smallest absolute Gasteiger partial charge is 0.344 e. The molecule has 21 heavy (non-hydrogen) atoms. The Morgan fingerprint density at radius 1 is 1.29 bits per heavy atom. The van der Waals surface area contributed by atoms with Crippen molar-refractivity contribution in [3.8, 4) is 5.75 Å². The zero-order valence-corrected chi connectivity index (χ0v) is 12.4. The van der Waals surface area contributed by atoms with E-state index in [2.05, 4.69) is 13.8 Å². The highest BCUT2D eigenvalue weighted by atomic mass is 19.3. The van der Waals surface area contributed by atoms with Gasteiger partial charge < -0.3 is 18.3 Å². The lowest BCUT2D eigenvalue weighted by atomic mass is 9.99. The maximum atomic E-state index is 11.8. The first-order valence-corrected chi connectivity index (χ1v) is 7.08. The topological polar surface area (TPSA) is 35.5 Å². The van der Waals surface area contributed by atoms with Gasteiger partial charge in [0.05, 0.1) is 6.61 Å². The molecular weight excluding hydrogens is 278 g/mol. The van der Waals surface area contributed by atoms with Crippen LogP contribution < -0.4 is 4.74 Å². The van der Waals surface area contributed by atoms with E-state index in [1.54, 1.807) is 0 Å². The fourth-order valence-electron chi connectivity index (χ4n) is 1.70. The molecule has 1 aromatic rings. The Kier molecular flexibility index (Phi) is 7.72. The van der Waals surface area contributed by atoms with Gasteiger partial charge in [-0.05, 0) is 36.5 Å². The van der Waals surface area contributed by atoms with Gasteiger partial charge in [0.15, 0.2) is 6.61 Å². The zero-order chi connectivity index (χ0) is 15.7. The highest BCUT2D eigenvalue weighted by Gasteiger charge is 2.06. The van der Waals surface area contributed by atoms with Gasteiger partial charge in [-0.15, -0.1) is 6.42 Å². The van der Waals surface area contributed by atoms with Gasteiger partial charge in [0.1, 0.15) is 5.75 Å². The Balaban J connectivity index is 2.26. The molecule has 118 valence electrons. The number of esters is 1. The van der Waals surface area contributed by atoms with E-state index in [4.69, 9.17) is 9.47 Å². The van der Waals surface area contributed by atoms with Crippen LogP contribution in [0.25, 0.3) is 0 Å². The molecule has 0 aromatic heterocycles. The quantitative estimate of drug-likeness (QED) is 0.387. The Morgan fingerprint density at radius 3 is 2.52 bits per heavy atom. The predicted molar refractivity (Wildman–Crippen MR) is 76.3 cm³/mol. The number of benzene rings is 1. The molecule has 0 aliphatic rings. The SMILES string of the molecule is CCC(C)c1ccc(OCC(=O)OCCC[C-](F)F)cc1. The van der Waals surface area contributed by atoms with Crippen LogP contribution in [0.3, 0.4) is 0 Å². The molecule has 3 nitrogen and oxygen atoms in total. The summed E-state index contributed by atoms with van der Waals surface area (Å²) in [6, 6.07) is 7.55. The first-order chi connectivity index (χ1) is 10.0. The molecule has 1 unspecified atom stereocenters. The number of carbonyl (C=O) groups excluding carboxylic acids is 1. The molecule has 0 aliphatic carbocycles. The van der Waals surface area contributed by atoms with Gasteiger partial charge in [-0.25, -0.2) is 4.79 Å². The summed E-state index contributed by atoms with van der Waals surface area (Å²) in [5.41, 5.74) is 1.22. The highest BCUT2D eigenvalue weighted by Crippen LogP contribution is 2.21. The normalized spacial score (nSPS) is 12.2. The molecule has 0 fully saturated rings. The van der Waals surface area contributed by atoms with Crippen molar-refractivity contribution in [1.82, 2.24) is 0 Å². The third-order valence-electron chi connectivity index (χ3n) is 3.19. The Morgan fingerprint density at radius 2 is 1.95 bits per heavy atom. The number of hydrogen-bond donors (Lipinski definition) is 0. The molecule has 0 heterocycles. The van der Waals surface area contributed by atoms with Crippen molar-refractivity contribution >= 4 is 5.97 Å². The van der Waals surface area contributed by atoms with Crippen LogP contribution in [0, 0.1) is 6.43 Å². The van der Waals surface area contributed by atoms with Crippen molar-refractivity contribution in [2.75, 3.05) is 13.2 Å². The van der Waals surface area contributed by atoms with Gasteiger partial charge >= 0.3 is 5.97 Å². The van der Waals surface area contributed by atoms with Crippen LogP contribution in [0.15, 0.2) is 24.3 Å². The second kappa shape index (κ2) is 9.32. The summed E-state index contributed by atoms with van der Waals surface area (Å²) in [4.78, 5) is 11.3. The molecule has 1 atom stereocenters. The molecular formula is C16H21F2O3-. The summed E-state index contributed by atoms with van der Waals surface area (Å²) < 4.78 is 33.7. The highest BCUT2D eigenvalue weighted by molar-refractivity contribution is 5.71. The van der Waals surface area contributed by atoms with Crippen molar-refractivity contribution in [2.24, 2.45) is 0 Å². The van der Waals surface area contributed by atoms with Crippen LogP contribution in [0.1, 0.15) is 44.6 Å². The van der Waals surface area contributed by atoms with E-state index in [0.717, 1.165) is 6.42 Å². The van der Waals surface area contributed by atoms with Gasteiger partial charge in [0.2, 0.25) is 0 Å². The van der Waals surface area contributed by atoms with Gasteiger partial charge in [-0.3, -0.25) is 0 Å². The molecule has 0 saturated carbocycles. The lowest BCUT2D eigenvalue weighted by Crippen LogP contribution is -2.15. The minimum atomic E-state index is -1.65. The maximum Gasteiger partial charge on any atom is 0.344 e. The molecule has 0 N–H and O–H groups in total. The third kappa shape index (κ3) is 7.06. The molecule has 0 saturated heterocycles. The number of hydrogen-bond acceptors (Lipinski definition) is 3. The molecule has 0 amide bonds. The molecule has 0 radical (unpaired) electrons. The van der Waals surface area contributed by atoms with E-state index in [-0.39, 0.29) is 26.1 Å². The second-order valence-electron chi connectivity index (χ2n) is 4.83. The van der Waals surface area contributed by atoms with Crippen LogP contribution in [0.2, 0.25) is 0 Å². The standard InChI is InChI=1S/C16H21F2O3/c1-3-12(2)13-6-8-14(9-7-13)21-11-16(19)20-10-4-5-15(17)18/h6-9,12H,3-5,10-11H2,1-2H3/q-1. The Hall–Kier alpha value is -1.65. The van der Waals surface area contributed by atoms with E-state index < -0.39 is 12.4 Å². The first-order valence-electron chi connectivity index (χ1n) is 7.08. The summed E-state index contributed by atoms with van der Waals surface area (Å²) in [7, 11) is 0. The Bertz CT molecular complexity index is 418. The minimum absolute atomic E-state index is 0.0213. The lowest BCUT2D eigenvalue weighted by Gasteiger charge is -2.12. The second-order valence-corrected chi connectivity index (χ2v) is 4.83. The summed E-state index contributed by atoms with van der Waals surface area (Å²) in [6.45, 7) is 4.03. The van der Waals surface area contributed by atoms with Crippen LogP contribution in [0.5, 0.6) is 5.75 Å². The number of carbonyl (C=O) groups is 1. The first kappa shape index (κ1) is 17.4. The lowest BCUT2D eigenvalue weighted by molar-refractivity contribution is -0.146. The average Bonchev–Trinajstić information content (AvgIpc) is 2.49. The van der Waals surface area contributed by atoms with Crippen LogP contribution in [-0.2, 0) is 9.53 Å². The van der Waals surface area contributed by atoms with E-state index in [9.17, 15) is 13.6 Å². The van der Waals surface area contributed by atoms with Crippen molar-refractivity contribution < 1.29 is 23.0 Å². The minimum Gasteiger partial charge on any atom is -0.482 e. The maximum absolute atomic E-state index is 11.8. The van der Waals surface area contributed by atoms with Gasteiger partial charge in [0.25, 0.3) is 0 Å². The molecule has 0 aliphatic heterocycles. The van der Waals surface area contributed by atoms with Gasteiger partial charge in [0, 0.05) is 6.43 Å². The third-order valence-corrected chi connectivity index (χ3v) is 3.19.